The van der Waals surface area contributed by atoms with Gasteiger partial charge in [-0.25, -0.2) is 4.98 Å². The number of para-hydroxylation sites is 2. The molecule has 3 rings (SSSR count). The molecule has 1 aliphatic carbocycles. The first-order valence-corrected chi connectivity index (χ1v) is 6.91. The number of aryl methyl sites for hydroxylation is 1. The molecule has 1 unspecified atom stereocenters. The molecule has 1 aromatic heterocycles. The maximum atomic E-state index is 12.1. The van der Waals surface area contributed by atoms with E-state index in [-0.39, 0.29) is 6.04 Å². The number of aliphatic carboxylic acids is 1. The van der Waals surface area contributed by atoms with Crippen LogP contribution in [0.15, 0.2) is 24.3 Å². The predicted molar refractivity (Wildman–Crippen MR) is 76.6 cm³/mol. The second-order valence-electron chi connectivity index (χ2n) is 5.60. The number of aromatic nitrogens is 2. The van der Waals surface area contributed by atoms with E-state index in [1.807, 2.05) is 42.8 Å². The standard InChI is InChI=1S/C15H17N3O3/c1-9(16-13(19)15(7-8-15)14(20)21)12-17-10-5-3-4-6-11(10)18(12)2/h3-6,9H,7-8H2,1-2H3,(H,16,19)(H,20,21). The minimum absolute atomic E-state index is 0.341. The summed E-state index contributed by atoms with van der Waals surface area (Å²) in [6.45, 7) is 1.82. The topological polar surface area (TPSA) is 84.2 Å². The molecule has 1 amide bonds. The Labute approximate surface area is 121 Å². The van der Waals surface area contributed by atoms with Crippen LogP contribution in [0.2, 0.25) is 0 Å². The summed E-state index contributed by atoms with van der Waals surface area (Å²) in [5.41, 5.74) is 0.613. The maximum absolute atomic E-state index is 12.1. The van der Waals surface area contributed by atoms with Crippen LogP contribution in [0.5, 0.6) is 0 Å². The normalized spacial score (nSPS) is 17.4. The van der Waals surface area contributed by atoms with E-state index < -0.39 is 17.3 Å². The Morgan fingerprint density at radius 1 is 1.38 bits per heavy atom. The Hall–Kier alpha value is -2.37. The number of amides is 1. The van der Waals surface area contributed by atoms with E-state index in [9.17, 15) is 9.59 Å². The molecule has 21 heavy (non-hydrogen) atoms. The average Bonchev–Trinajstić information content (AvgIpc) is 3.20. The first kappa shape index (κ1) is 13.6. The lowest BCUT2D eigenvalue weighted by atomic mass is 10.1. The molecule has 1 saturated carbocycles. The summed E-state index contributed by atoms with van der Waals surface area (Å²) in [4.78, 5) is 27.8. The largest absolute Gasteiger partial charge is 0.480 e. The zero-order chi connectivity index (χ0) is 15.2. The first-order valence-electron chi connectivity index (χ1n) is 6.91. The summed E-state index contributed by atoms with van der Waals surface area (Å²) < 4.78 is 1.92. The highest BCUT2D eigenvalue weighted by Gasteiger charge is 2.57. The Morgan fingerprint density at radius 3 is 2.62 bits per heavy atom. The molecule has 1 heterocycles. The molecular weight excluding hydrogens is 270 g/mol. The fraction of sp³-hybridized carbons (Fsp3) is 0.400. The zero-order valence-electron chi connectivity index (χ0n) is 12.0. The molecule has 2 aromatic rings. The van der Waals surface area contributed by atoms with Gasteiger partial charge in [-0.2, -0.15) is 0 Å². The van der Waals surface area contributed by atoms with Crippen molar-refractivity contribution in [2.24, 2.45) is 12.5 Å². The van der Waals surface area contributed by atoms with Crippen LogP contribution in [0, 0.1) is 5.41 Å². The zero-order valence-corrected chi connectivity index (χ0v) is 12.0. The smallest absolute Gasteiger partial charge is 0.319 e. The second kappa shape index (κ2) is 4.58. The second-order valence-corrected chi connectivity index (χ2v) is 5.60. The summed E-state index contributed by atoms with van der Waals surface area (Å²) in [7, 11) is 1.89. The van der Waals surface area contributed by atoms with Crippen LogP contribution in [-0.2, 0) is 16.6 Å². The van der Waals surface area contributed by atoms with Gasteiger partial charge in [0.05, 0.1) is 17.1 Å². The summed E-state index contributed by atoms with van der Waals surface area (Å²) in [6, 6.07) is 7.37. The van der Waals surface area contributed by atoms with E-state index in [4.69, 9.17) is 5.11 Å². The lowest BCUT2D eigenvalue weighted by Gasteiger charge is -2.17. The fourth-order valence-electron chi connectivity index (χ4n) is 2.61. The molecule has 6 nitrogen and oxygen atoms in total. The SMILES string of the molecule is CC(NC(=O)C1(C(=O)O)CC1)c1nc2ccccc2n1C. The van der Waals surface area contributed by atoms with Crippen molar-refractivity contribution >= 4 is 22.9 Å². The van der Waals surface area contributed by atoms with E-state index in [1.54, 1.807) is 0 Å². The number of carbonyl (C=O) groups excluding carboxylic acids is 1. The van der Waals surface area contributed by atoms with Gasteiger partial charge in [0.15, 0.2) is 0 Å². The van der Waals surface area contributed by atoms with Crippen molar-refractivity contribution in [1.82, 2.24) is 14.9 Å². The minimum Gasteiger partial charge on any atom is -0.480 e. The van der Waals surface area contributed by atoms with E-state index in [1.165, 1.54) is 0 Å². The number of carboxylic acid groups (broad SMARTS) is 1. The van der Waals surface area contributed by atoms with Gasteiger partial charge >= 0.3 is 5.97 Å². The van der Waals surface area contributed by atoms with Crippen LogP contribution in [0.1, 0.15) is 31.6 Å². The van der Waals surface area contributed by atoms with Crippen molar-refractivity contribution in [2.45, 2.75) is 25.8 Å². The summed E-state index contributed by atoms with van der Waals surface area (Å²) in [5.74, 6) is -0.752. The molecule has 0 spiro atoms. The van der Waals surface area contributed by atoms with Gasteiger partial charge in [0.1, 0.15) is 11.2 Å². The third kappa shape index (κ3) is 2.07. The van der Waals surface area contributed by atoms with Gasteiger partial charge in [0.25, 0.3) is 0 Å². The summed E-state index contributed by atoms with van der Waals surface area (Å²) >= 11 is 0. The number of hydrogen-bond donors (Lipinski definition) is 2. The Morgan fingerprint density at radius 2 is 2.05 bits per heavy atom. The number of hydrogen-bond acceptors (Lipinski definition) is 3. The molecule has 1 fully saturated rings. The molecule has 0 saturated heterocycles. The number of imidazole rings is 1. The van der Waals surface area contributed by atoms with Crippen LogP contribution < -0.4 is 5.32 Å². The fourth-order valence-corrected chi connectivity index (χ4v) is 2.61. The van der Waals surface area contributed by atoms with Gasteiger partial charge in [-0.1, -0.05) is 12.1 Å². The van der Waals surface area contributed by atoms with Gasteiger partial charge in [0, 0.05) is 7.05 Å². The number of fused-ring (bicyclic) bond motifs is 1. The highest BCUT2D eigenvalue weighted by atomic mass is 16.4. The third-order valence-electron chi connectivity index (χ3n) is 4.15. The molecule has 0 bridgehead atoms. The quantitative estimate of drug-likeness (QED) is 0.837. The molecule has 0 radical (unpaired) electrons. The number of rotatable bonds is 4. The molecule has 1 aliphatic rings. The average molecular weight is 287 g/mol. The maximum Gasteiger partial charge on any atom is 0.319 e. The minimum atomic E-state index is -1.22. The molecule has 1 aromatic carbocycles. The number of benzene rings is 1. The van der Waals surface area contributed by atoms with Crippen LogP contribution in [0.25, 0.3) is 11.0 Å². The molecule has 6 heteroatoms. The molecule has 2 N–H and O–H groups in total. The number of carbonyl (C=O) groups is 2. The lowest BCUT2D eigenvalue weighted by Crippen LogP contribution is -2.39. The van der Waals surface area contributed by atoms with Gasteiger partial charge in [0.2, 0.25) is 5.91 Å². The molecule has 110 valence electrons. The third-order valence-corrected chi connectivity index (χ3v) is 4.15. The van der Waals surface area contributed by atoms with Crippen LogP contribution >= 0.6 is 0 Å². The van der Waals surface area contributed by atoms with E-state index in [0.717, 1.165) is 11.0 Å². The van der Waals surface area contributed by atoms with E-state index >= 15 is 0 Å². The van der Waals surface area contributed by atoms with Gasteiger partial charge in [-0.3, -0.25) is 9.59 Å². The monoisotopic (exact) mass is 287 g/mol. The van der Waals surface area contributed by atoms with Crippen molar-refractivity contribution in [2.75, 3.05) is 0 Å². The van der Waals surface area contributed by atoms with Gasteiger partial charge in [-0.15, -0.1) is 0 Å². The lowest BCUT2D eigenvalue weighted by molar-refractivity contribution is -0.149. The van der Waals surface area contributed by atoms with Crippen LogP contribution in [-0.4, -0.2) is 26.5 Å². The van der Waals surface area contributed by atoms with Crippen molar-refractivity contribution in [3.8, 4) is 0 Å². The van der Waals surface area contributed by atoms with Gasteiger partial charge < -0.3 is 15.0 Å². The molecule has 0 aliphatic heterocycles. The summed E-state index contributed by atoms with van der Waals surface area (Å²) in [5, 5.41) is 11.9. The van der Waals surface area contributed by atoms with Crippen molar-refractivity contribution < 1.29 is 14.7 Å². The highest BCUT2D eigenvalue weighted by molar-refractivity contribution is 6.04. The molecule has 1 atom stereocenters. The van der Waals surface area contributed by atoms with Gasteiger partial charge in [-0.05, 0) is 31.9 Å². The van der Waals surface area contributed by atoms with Crippen molar-refractivity contribution in [3.05, 3.63) is 30.1 Å². The summed E-state index contributed by atoms with van der Waals surface area (Å²) in [6.07, 6.45) is 0.812. The van der Waals surface area contributed by atoms with Crippen molar-refractivity contribution in [3.63, 3.8) is 0 Å². The molecular formula is C15H17N3O3. The van der Waals surface area contributed by atoms with Crippen LogP contribution in [0.4, 0.5) is 0 Å². The number of carboxylic acids is 1. The Bertz CT molecular complexity index is 731. The number of nitrogens with zero attached hydrogens (tertiary/aromatic N) is 2. The highest BCUT2D eigenvalue weighted by Crippen LogP contribution is 2.46. The Balaban J connectivity index is 1.84. The predicted octanol–water partition coefficient (Wildman–Crippen LogP) is 1.62. The van der Waals surface area contributed by atoms with E-state index in [2.05, 4.69) is 10.3 Å². The van der Waals surface area contributed by atoms with Crippen molar-refractivity contribution in [1.29, 1.82) is 0 Å². The number of nitrogens with one attached hydrogen (secondary N) is 1. The first-order chi connectivity index (χ1) is 9.95. The Kier molecular flexibility index (Phi) is 2.97. The van der Waals surface area contributed by atoms with E-state index in [0.29, 0.717) is 18.7 Å². The van der Waals surface area contributed by atoms with Crippen LogP contribution in [0.3, 0.4) is 0 Å².